The Kier molecular flexibility index (Phi) is 2.19. The van der Waals surface area contributed by atoms with Gasteiger partial charge < -0.3 is 0 Å². The predicted molar refractivity (Wildman–Crippen MR) is 51.9 cm³/mol. The van der Waals surface area contributed by atoms with Gasteiger partial charge in [-0.05, 0) is 10.3 Å². The number of aromatic nitrogens is 8. The van der Waals surface area contributed by atoms with Crippen LogP contribution in [0.15, 0.2) is 29.9 Å². The average Bonchev–Trinajstić information content (AvgIpc) is 2.90. The molecule has 3 aromatic heterocycles. The van der Waals surface area contributed by atoms with E-state index in [2.05, 4.69) is 44.8 Å². The van der Waals surface area contributed by atoms with Gasteiger partial charge in [-0.2, -0.15) is 0 Å². The maximum atomic E-state index is 4.65. The Morgan fingerprint density at radius 1 is 0.647 bits per heavy atom. The largest absolute Gasteiger partial charge is 0.243 e. The van der Waals surface area contributed by atoms with Gasteiger partial charge in [0.05, 0.1) is 0 Å². The third-order valence-corrected chi connectivity index (χ3v) is 1.90. The van der Waals surface area contributed by atoms with E-state index in [1.54, 1.807) is 0 Å². The number of rotatable bonds is 2. The Labute approximate surface area is 94.0 Å². The van der Waals surface area contributed by atoms with Crippen LogP contribution in [0.5, 0.6) is 0 Å². The first kappa shape index (κ1) is 9.39. The number of hydrogen-bond donors (Lipinski definition) is 0. The van der Waals surface area contributed by atoms with E-state index in [-0.39, 0.29) is 0 Å². The van der Waals surface area contributed by atoms with Crippen molar-refractivity contribution in [3.63, 3.8) is 0 Å². The lowest BCUT2D eigenvalue weighted by Crippen LogP contribution is -1.95. The van der Waals surface area contributed by atoms with Gasteiger partial charge in [0.25, 0.3) is 0 Å². The van der Waals surface area contributed by atoms with Crippen molar-refractivity contribution in [3.05, 3.63) is 25.3 Å². The van der Waals surface area contributed by atoms with Crippen LogP contribution in [0, 0.1) is 0 Å². The van der Waals surface area contributed by atoms with Gasteiger partial charge in [0.2, 0.25) is 0 Å². The fraction of sp³-hybridized carbons (Fsp3) is 0. The zero-order valence-corrected chi connectivity index (χ0v) is 8.30. The van der Waals surface area contributed by atoms with Crippen LogP contribution in [0.4, 0.5) is 0 Å². The van der Waals surface area contributed by atoms with Gasteiger partial charge in [0, 0.05) is 0 Å². The first-order valence-electron chi connectivity index (χ1n) is 4.52. The second-order valence-corrected chi connectivity index (χ2v) is 2.89. The van der Waals surface area contributed by atoms with Crippen molar-refractivity contribution in [2.75, 3.05) is 0 Å². The van der Waals surface area contributed by atoms with Crippen molar-refractivity contribution < 1.29 is 4.63 Å². The molecule has 0 aliphatic heterocycles. The van der Waals surface area contributed by atoms with Gasteiger partial charge in [-0.3, -0.25) is 0 Å². The Bertz CT molecular complexity index is 556. The van der Waals surface area contributed by atoms with Crippen LogP contribution in [0.2, 0.25) is 0 Å². The highest BCUT2D eigenvalue weighted by Crippen LogP contribution is 2.22. The monoisotopic (exact) mass is 228 g/mol. The quantitative estimate of drug-likeness (QED) is 0.586. The second kappa shape index (κ2) is 3.96. The summed E-state index contributed by atoms with van der Waals surface area (Å²) in [6, 6.07) is 0. The van der Waals surface area contributed by atoms with E-state index in [0.717, 1.165) is 0 Å². The molecule has 0 unspecified atom stereocenters. The molecule has 0 bridgehead atoms. The van der Waals surface area contributed by atoms with Crippen molar-refractivity contribution >= 4 is 0 Å². The molecule has 0 radical (unpaired) electrons. The van der Waals surface area contributed by atoms with E-state index in [9.17, 15) is 0 Å². The normalized spacial score (nSPS) is 10.4. The van der Waals surface area contributed by atoms with E-state index in [1.165, 1.54) is 25.3 Å². The lowest BCUT2D eigenvalue weighted by molar-refractivity contribution is 0.309. The minimum absolute atomic E-state index is 0.344. The van der Waals surface area contributed by atoms with Crippen LogP contribution in [-0.4, -0.2) is 40.2 Å². The predicted octanol–water partition coefficient (Wildman–Crippen LogP) is -0.226. The fourth-order valence-electron chi connectivity index (χ4n) is 1.20. The molecular formula is C8H4N8O. The Morgan fingerprint density at radius 3 is 1.47 bits per heavy atom. The van der Waals surface area contributed by atoms with E-state index in [1.807, 2.05) is 0 Å². The minimum Gasteiger partial charge on any atom is -0.243 e. The zero-order valence-electron chi connectivity index (χ0n) is 8.30. The molecular weight excluding hydrogens is 224 g/mol. The summed E-state index contributed by atoms with van der Waals surface area (Å²) in [6.45, 7) is 0. The Hall–Kier alpha value is -2.84. The van der Waals surface area contributed by atoms with Gasteiger partial charge in [-0.1, -0.05) is 0 Å². The first-order valence-corrected chi connectivity index (χ1v) is 4.52. The third kappa shape index (κ3) is 1.69. The topological polar surface area (TPSA) is 116 Å². The van der Waals surface area contributed by atoms with E-state index < -0.39 is 0 Å². The molecule has 3 aromatic rings. The lowest BCUT2D eigenvalue weighted by Gasteiger charge is -1.95. The molecule has 0 aliphatic rings. The smallest absolute Gasteiger partial charge is 0.187 e. The molecule has 0 fully saturated rings. The van der Waals surface area contributed by atoms with Crippen LogP contribution in [0.1, 0.15) is 0 Å². The number of nitrogens with zero attached hydrogens (tertiary/aromatic N) is 8. The molecule has 0 aromatic carbocycles. The molecule has 3 rings (SSSR count). The van der Waals surface area contributed by atoms with Crippen LogP contribution in [0.25, 0.3) is 23.0 Å². The summed E-state index contributed by atoms with van der Waals surface area (Å²) in [4.78, 5) is 23.2. The lowest BCUT2D eigenvalue weighted by atomic mass is 10.3. The van der Waals surface area contributed by atoms with Gasteiger partial charge in [-0.15, -0.1) is 0 Å². The fourth-order valence-corrected chi connectivity index (χ4v) is 1.20. The average molecular weight is 228 g/mol. The Morgan fingerprint density at radius 2 is 1.06 bits per heavy atom. The second-order valence-electron chi connectivity index (χ2n) is 2.89. The van der Waals surface area contributed by atoms with Gasteiger partial charge >= 0.3 is 0 Å². The molecule has 17 heavy (non-hydrogen) atoms. The maximum Gasteiger partial charge on any atom is 0.187 e. The van der Waals surface area contributed by atoms with Crippen LogP contribution >= 0.6 is 0 Å². The zero-order chi connectivity index (χ0) is 11.5. The van der Waals surface area contributed by atoms with Crippen molar-refractivity contribution in [2.24, 2.45) is 0 Å². The highest BCUT2D eigenvalue weighted by molar-refractivity contribution is 5.68. The van der Waals surface area contributed by atoms with Gasteiger partial charge in [0.15, 0.2) is 23.0 Å². The van der Waals surface area contributed by atoms with Crippen molar-refractivity contribution in [1.29, 1.82) is 0 Å². The minimum atomic E-state index is 0.344. The summed E-state index contributed by atoms with van der Waals surface area (Å²) in [5, 5.41) is 7.45. The molecule has 0 spiro atoms. The molecule has 0 N–H and O–H groups in total. The van der Waals surface area contributed by atoms with Crippen molar-refractivity contribution in [1.82, 2.24) is 40.2 Å². The molecule has 9 nitrogen and oxygen atoms in total. The van der Waals surface area contributed by atoms with Crippen molar-refractivity contribution in [3.8, 4) is 23.0 Å². The van der Waals surface area contributed by atoms with Crippen molar-refractivity contribution in [2.45, 2.75) is 0 Å². The van der Waals surface area contributed by atoms with E-state index in [4.69, 9.17) is 0 Å². The molecule has 0 saturated carbocycles. The van der Waals surface area contributed by atoms with E-state index in [0.29, 0.717) is 23.0 Å². The summed E-state index contributed by atoms with van der Waals surface area (Å²) >= 11 is 0. The summed E-state index contributed by atoms with van der Waals surface area (Å²) in [5.41, 5.74) is 0.720. The van der Waals surface area contributed by atoms with Crippen LogP contribution < -0.4 is 0 Å². The van der Waals surface area contributed by atoms with Gasteiger partial charge in [-0.25, -0.2) is 34.5 Å². The van der Waals surface area contributed by atoms with E-state index >= 15 is 0 Å². The third-order valence-electron chi connectivity index (χ3n) is 1.90. The summed E-state index contributed by atoms with van der Waals surface area (Å²) in [7, 11) is 0. The SMILES string of the molecule is c1ncnc(-c2nonc2-c2ncncn2)n1. The highest BCUT2D eigenvalue weighted by atomic mass is 16.6. The summed E-state index contributed by atoms with van der Waals surface area (Å²) in [5.74, 6) is 0.688. The summed E-state index contributed by atoms with van der Waals surface area (Å²) in [6.07, 6.45) is 5.42. The molecule has 9 heteroatoms. The standard InChI is InChI=1S/C8H4N8O/c1-9-2-12-7(11-1)5-6(16-17-15-5)8-13-3-10-4-14-8/h1-4H. The summed E-state index contributed by atoms with van der Waals surface area (Å²) < 4.78 is 4.65. The van der Waals surface area contributed by atoms with Crippen LogP contribution in [0.3, 0.4) is 0 Å². The Balaban J connectivity index is 2.13. The molecule has 3 heterocycles. The van der Waals surface area contributed by atoms with Crippen LogP contribution in [-0.2, 0) is 0 Å². The molecule has 0 saturated heterocycles. The molecule has 82 valence electrons. The molecule has 0 aliphatic carbocycles. The maximum absolute atomic E-state index is 4.65. The number of hydrogen-bond acceptors (Lipinski definition) is 9. The first-order chi connectivity index (χ1) is 8.45. The van der Waals surface area contributed by atoms with Gasteiger partial charge in [0.1, 0.15) is 25.3 Å². The molecule has 0 amide bonds. The highest BCUT2D eigenvalue weighted by Gasteiger charge is 2.18. The molecule has 0 atom stereocenters.